The number of nitrogens with one attached hydrogen (secondary N) is 2. The number of carboxylic acid groups (broad SMARTS) is 1. The monoisotopic (exact) mass is 292 g/mol. The number of hydrogen-bond acceptors (Lipinski definition) is 3. The fourth-order valence-corrected chi connectivity index (χ4v) is 2.33. The molecule has 2 rings (SSSR count). The molecule has 1 aliphatic rings. The van der Waals surface area contributed by atoms with Gasteiger partial charge in [0, 0.05) is 19.7 Å². The van der Waals surface area contributed by atoms with Crippen LogP contribution in [0.1, 0.15) is 28.8 Å². The molecule has 1 aromatic carbocycles. The van der Waals surface area contributed by atoms with Gasteiger partial charge < -0.3 is 20.5 Å². The van der Waals surface area contributed by atoms with Crippen molar-refractivity contribution in [2.45, 2.75) is 25.4 Å². The van der Waals surface area contributed by atoms with Crippen molar-refractivity contribution in [3.8, 4) is 0 Å². The molecule has 1 aliphatic heterocycles. The van der Waals surface area contributed by atoms with Crippen molar-refractivity contribution < 1.29 is 19.4 Å². The van der Waals surface area contributed by atoms with E-state index < -0.39 is 5.97 Å². The van der Waals surface area contributed by atoms with E-state index in [0.29, 0.717) is 25.1 Å². The molecule has 21 heavy (non-hydrogen) atoms. The maximum atomic E-state index is 11.6. The topological polar surface area (TPSA) is 87.7 Å². The summed E-state index contributed by atoms with van der Waals surface area (Å²) in [5.41, 5.74) is 0.989. The Bertz CT molecular complexity index is 498. The highest BCUT2D eigenvalue weighted by molar-refractivity contribution is 5.89. The van der Waals surface area contributed by atoms with Crippen LogP contribution in [0.5, 0.6) is 0 Å². The Morgan fingerprint density at radius 2 is 2.10 bits per heavy atom. The highest BCUT2D eigenvalue weighted by atomic mass is 16.5. The van der Waals surface area contributed by atoms with Crippen molar-refractivity contribution >= 4 is 12.0 Å². The second-order valence-corrected chi connectivity index (χ2v) is 4.98. The molecular formula is C15H20N2O4. The largest absolute Gasteiger partial charge is 0.478 e. The summed E-state index contributed by atoms with van der Waals surface area (Å²) in [5.74, 6) is -0.951. The molecule has 2 amide bonds. The number of rotatable bonds is 6. The van der Waals surface area contributed by atoms with Crippen LogP contribution >= 0.6 is 0 Å². The van der Waals surface area contributed by atoms with Crippen LogP contribution in [0.2, 0.25) is 0 Å². The average molecular weight is 292 g/mol. The summed E-state index contributed by atoms with van der Waals surface area (Å²) in [7, 11) is 0. The molecule has 0 radical (unpaired) electrons. The number of carboxylic acids is 1. The Kier molecular flexibility index (Phi) is 5.57. The van der Waals surface area contributed by atoms with Crippen molar-refractivity contribution in [2.75, 3.05) is 19.7 Å². The van der Waals surface area contributed by atoms with Crippen LogP contribution in [0.3, 0.4) is 0 Å². The smallest absolute Gasteiger partial charge is 0.335 e. The first kappa shape index (κ1) is 15.3. The van der Waals surface area contributed by atoms with Crippen LogP contribution in [-0.2, 0) is 11.2 Å². The van der Waals surface area contributed by atoms with Gasteiger partial charge in [0.15, 0.2) is 0 Å². The molecule has 0 aliphatic carbocycles. The van der Waals surface area contributed by atoms with Gasteiger partial charge in [0.05, 0.1) is 11.7 Å². The number of carbonyl (C=O) groups excluding carboxylic acids is 1. The lowest BCUT2D eigenvalue weighted by molar-refractivity contribution is 0.0695. The predicted octanol–water partition coefficient (Wildman–Crippen LogP) is 1.41. The van der Waals surface area contributed by atoms with Crippen LogP contribution in [0.4, 0.5) is 4.79 Å². The molecule has 0 spiro atoms. The number of urea groups is 1. The van der Waals surface area contributed by atoms with Gasteiger partial charge >= 0.3 is 12.0 Å². The maximum absolute atomic E-state index is 11.6. The molecule has 1 unspecified atom stereocenters. The number of amides is 2. The molecule has 1 heterocycles. The van der Waals surface area contributed by atoms with Crippen LogP contribution in [0.15, 0.2) is 24.3 Å². The molecule has 3 N–H and O–H groups in total. The van der Waals surface area contributed by atoms with E-state index in [9.17, 15) is 9.59 Å². The fraction of sp³-hybridized carbons (Fsp3) is 0.467. The molecule has 1 fully saturated rings. The zero-order chi connectivity index (χ0) is 15.1. The summed E-state index contributed by atoms with van der Waals surface area (Å²) in [6, 6.07) is 6.55. The van der Waals surface area contributed by atoms with E-state index in [1.165, 1.54) is 0 Å². The van der Waals surface area contributed by atoms with Gasteiger partial charge in [-0.3, -0.25) is 0 Å². The van der Waals surface area contributed by atoms with E-state index >= 15 is 0 Å². The van der Waals surface area contributed by atoms with E-state index in [0.717, 1.165) is 19.4 Å². The zero-order valence-corrected chi connectivity index (χ0v) is 11.8. The third-order valence-corrected chi connectivity index (χ3v) is 3.44. The molecule has 0 saturated carbocycles. The van der Waals surface area contributed by atoms with Crippen molar-refractivity contribution in [3.63, 3.8) is 0 Å². The summed E-state index contributed by atoms with van der Waals surface area (Å²) in [6.45, 7) is 1.67. The van der Waals surface area contributed by atoms with E-state index in [2.05, 4.69) is 10.6 Å². The predicted molar refractivity (Wildman–Crippen MR) is 77.5 cm³/mol. The molecule has 6 nitrogen and oxygen atoms in total. The Labute approximate surface area is 123 Å². The van der Waals surface area contributed by atoms with Crippen molar-refractivity contribution in [2.24, 2.45) is 0 Å². The van der Waals surface area contributed by atoms with Crippen molar-refractivity contribution in [1.82, 2.24) is 10.6 Å². The number of benzene rings is 1. The summed E-state index contributed by atoms with van der Waals surface area (Å²) >= 11 is 0. The van der Waals surface area contributed by atoms with E-state index in [-0.39, 0.29) is 17.7 Å². The Balaban J connectivity index is 1.71. The summed E-state index contributed by atoms with van der Waals surface area (Å²) < 4.78 is 5.41. The molecule has 1 aromatic rings. The number of carbonyl (C=O) groups is 2. The molecular weight excluding hydrogens is 272 g/mol. The summed E-state index contributed by atoms with van der Waals surface area (Å²) in [6.07, 6.45) is 2.62. The molecule has 0 aromatic heterocycles. The molecule has 1 atom stereocenters. The van der Waals surface area contributed by atoms with Gasteiger partial charge in [0.1, 0.15) is 0 Å². The number of aromatic carboxylic acids is 1. The Morgan fingerprint density at radius 1 is 1.29 bits per heavy atom. The summed E-state index contributed by atoms with van der Waals surface area (Å²) in [5, 5.41) is 14.5. The van der Waals surface area contributed by atoms with Gasteiger partial charge in [-0.05, 0) is 30.9 Å². The third-order valence-electron chi connectivity index (χ3n) is 3.44. The van der Waals surface area contributed by atoms with Crippen LogP contribution in [0.25, 0.3) is 0 Å². The number of ether oxygens (including phenoxy) is 1. The van der Waals surface area contributed by atoms with Gasteiger partial charge in [0.2, 0.25) is 0 Å². The summed E-state index contributed by atoms with van der Waals surface area (Å²) in [4.78, 5) is 22.7. The average Bonchev–Trinajstić information content (AvgIpc) is 2.99. The van der Waals surface area contributed by atoms with Crippen LogP contribution < -0.4 is 10.6 Å². The minimum Gasteiger partial charge on any atom is -0.478 e. The fourth-order valence-electron chi connectivity index (χ4n) is 2.33. The highest BCUT2D eigenvalue weighted by Crippen LogP contribution is 2.10. The second-order valence-electron chi connectivity index (χ2n) is 4.98. The quantitative estimate of drug-likeness (QED) is 0.739. The Hall–Kier alpha value is -2.08. The van der Waals surface area contributed by atoms with Gasteiger partial charge in [-0.25, -0.2) is 9.59 Å². The van der Waals surface area contributed by atoms with Crippen molar-refractivity contribution in [1.29, 1.82) is 0 Å². The second kappa shape index (κ2) is 7.64. The first-order valence-electron chi connectivity index (χ1n) is 7.11. The van der Waals surface area contributed by atoms with Gasteiger partial charge in [0.25, 0.3) is 0 Å². The highest BCUT2D eigenvalue weighted by Gasteiger charge is 2.16. The lowest BCUT2D eigenvalue weighted by Crippen LogP contribution is -2.40. The minimum atomic E-state index is -0.951. The zero-order valence-electron chi connectivity index (χ0n) is 11.8. The first-order valence-corrected chi connectivity index (χ1v) is 7.11. The van der Waals surface area contributed by atoms with Crippen molar-refractivity contribution in [3.05, 3.63) is 35.4 Å². The normalized spacial score (nSPS) is 17.4. The third kappa shape index (κ3) is 4.75. The van der Waals surface area contributed by atoms with E-state index in [1.54, 1.807) is 24.3 Å². The van der Waals surface area contributed by atoms with Gasteiger partial charge in [-0.15, -0.1) is 0 Å². The SMILES string of the molecule is O=C(NCCc1ccccc1C(=O)O)NCC1CCCO1. The van der Waals surface area contributed by atoms with Crippen LogP contribution in [-0.4, -0.2) is 42.9 Å². The van der Waals surface area contributed by atoms with Gasteiger partial charge in [-0.2, -0.15) is 0 Å². The molecule has 1 saturated heterocycles. The van der Waals surface area contributed by atoms with Crippen LogP contribution in [0, 0.1) is 0 Å². The first-order chi connectivity index (χ1) is 10.2. The lowest BCUT2D eigenvalue weighted by Gasteiger charge is -2.12. The van der Waals surface area contributed by atoms with E-state index in [1.807, 2.05) is 0 Å². The van der Waals surface area contributed by atoms with Gasteiger partial charge in [-0.1, -0.05) is 18.2 Å². The van der Waals surface area contributed by atoms with E-state index in [4.69, 9.17) is 9.84 Å². The lowest BCUT2D eigenvalue weighted by atomic mass is 10.0. The standard InChI is InChI=1S/C15H20N2O4/c18-14(19)13-6-2-1-4-11(13)7-8-16-15(20)17-10-12-5-3-9-21-12/h1-2,4,6,12H,3,5,7-10H2,(H,18,19)(H2,16,17,20). The molecule has 0 bridgehead atoms. The minimum absolute atomic E-state index is 0.114. The molecule has 114 valence electrons. The molecule has 6 heteroatoms. The number of hydrogen-bond donors (Lipinski definition) is 3. The Morgan fingerprint density at radius 3 is 2.81 bits per heavy atom. The maximum Gasteiger partial charge on any atom is 0.335 e.